The predicted molar refractivity (Wildman–Crippen MR) is 62.4 cm³/mol. The SMILES string of the molecule is CC(CC(N)=S)N(C)CC1CCOC1. The summed E-state index contributed by atoms with van der Waals surface area (Å²) in [6.07, 6.45) is 1.99. The van der Waals surface area contributed by atoms with E-state index in [-0.39, 0.29) is 0 Å². The Kier molecular flexibility index (Phi) is 4.78. The van der Waals surface area contributed by atoms with E-state index < -0.39 is 0 Å². The molecule has 1 aliphatic heterocycles. The van der Waals surface area contributed by atoms with Crippen molar-refractivity contribution in [2.45, 2.75) is 25.8 Å². The summed E-state index contributed by atoms with van der Waals surface area (Å²) in [6.45, 7) is 5.07. The van der Waals surface area contributed by atoms with E-state index in [0.717, 1.165) is 26.2 Å². The molecule has 0 amide bonds. The van der Waals surface area contributed by atoms with E-state index in [1.165, 1.54) is 6.42 Å². The van der Waals surface area contributed by atoms with Gasteiger partial charge in [0.05, 0.1) is 11.6 Å². The van der Waals surface area contributed by atoms with Gasteiger partial charge in [0.1, 0.15) is 0 Å². The second kappa shape index (κ2) is 5.63. The van der Waals surface area contributed by atoms with E-state index in [0.29, 0.717) is 16.9 Å². The Bertz CT molecular complexity index is 193. The summed E-state index contributed by atoms with van der Waals surface area (Å²) in [5, 5.41) is 0. The Morgan fingerprint density at radius 3 is 2.93 bits per heavy atom. The minimum Gasteiger partial charge on any atom is -0.393 e. The summed E-state index contributed by atoms with van der Waals surface area (Å²) >= 11 is 4.90. The molecule has 4 heteroatoms. The van der Waals surface area contributed by atoms with Gasteiger partial charge < -0.3 is 15.4 Å². The maximum absolute atomic E-state index is 5.52. The first kappa shape index (κ1) is 11.9. The molecular weight excluding hydrogens is 196 g/mol. The van der Waals surface area contributed by atoms with E-state index >= 15 is 0 Å². The van der Waals surface area contributed by atoms with E-state index in [2.05, 4.69) is 18.9 Å². The molecule has 2 atom stereocenters. The number of nitrogens with zero attached hydrogens (tertiary/aromatic N) is 1. The molecule has 0 aromatic rings. The molecule has 14 heavy (non-hydrogen) atoms. The van der Waals surface area contributed by atoms with Crippen molar-refractivity contribution in [3.05, 3.63) is 0 Å². The van der Waals surface area contributed by atoms with Gasteiger partial charge in [-0.1, -0.05) is 12.2 Å². The average Bonchev–Trinajstić information content (AvgIpc) is 2.55. The zero-order chi connectivity index (χ0) is 10.6. The summed E-state index contributed by atoms with van der Waals surface area (Å²) in [6, 6.07) is 0.438. The average molecular weight is 216 g/mol. The van der Waals surface area contributed by atoms with Gasteiger partial charge >= 0.3 is 0 Å². The van der Waals surface area contributed by atoms with Gasteiger partial charge in [0.25, 0.3) is 0 Å². The summed E-state index contributed by atoms with van der Waals surface area (Å²) in [4.78, 5) is 2.92. The van der Waals surface area contributed by atoms with E-state index in [1.54, 1.807) is 0 Å². The van der Waals surface area contributed by atoms with Crippen molar-refractivity contribution in [1.29, 1.82) is 0 Å². The van der Waals surface area contributed by atoms with Crippen LogP contribution in [-0.4, -0.2) is 42.7 Å². The zero-order valence-electron chi connectivity index (χ0n) is 9.03. The van der Waals surface area contributed by atoms with Crippen molar-refractivity contribution in [2.75, 3.05) is 26.8 Å². The van der Waals surface area contributed by atoms with Crippen LogP contribution in [0.4, 0.5) is 0 Å². The molecule has 2 N–H and O–H groups in total. The minimum atomic E-state index is 0.438. The Labute approximate surface area is 91.6 Å². The molecule has 0 aliphatic carbocycles. The van der Waals surface area contributed by atoms with Crippen LogP contribution < -0.4 is 5.73 Å². The number of thiocarbonyl (C=S) groups is 1. The standard InChI is InChI=1S/C10H20N2OS/c1-8(5-10(11)14)12(2)6-9-3-4-13-7-9/h8-9H,3-7H2,1-2H3,(H2,11,14). The molecule has 0 aromatic carbocycles. The third kappa shape index (κ3) is 3.90. The van der Waals surface area contributed by atoms with Crippen LogP contribution in [0.5, 0.6) is 0 Å². The van der Waals surface area contributed by atoms with Gasteiger partial charge in [0.15, 0.2) is 0 Å². The predicted octanol–water partition coefficient (Wildman–Crippen LogP) is 1.02. The zero-order valence-corrected chi connectivity index (χ0v) is 9.85. The first-order valence-corrected chi connectivity index (χ1v) is 5.56. The Morgan fingerprint density at radius 1 is 1.71 bits per heavy atom. The fourth-order valence-electron chi connectivity index (χ4n) is 1.76. The summed E-state index contributed by atoms with van der Waals surface area (Å²) < 4.78 is 5.34. The molecular formula is C10H20N2OS. The van der Waals surface area contributed by atoms with Crippen molar-refractivity contribution in [3.8, 4) is 0 Å². The summed E-state index contributed by atoms with van der Waals surface area (Å²) in [5.74, 6) is 0.689. The van der Waals surface area contributed by atoms with Crippen LogP contribution in [0.15, 0.2) is 0 Å². The molecule has 0 radical (unpaired) electrons. The fraction of sp³-hybridized carbons (Fsp3) is 0.900. The Morgan fingerprint density at radius 2 is 2.43 bits per heavy atom. The third-order valence-electron chi connectivity index (χ3n) is 2.82. The van der Waals surface area contributed by atoms with E-state index in [4.69, 9.17) is 22.7 Å². The molecule has 1 heterocycles. The van der Waals surface area contributed by atoms with Gasteiger partial charge in [-0.15, -0.1) is 0 Å². The maximum atomic E-state index is 5.52. The van der Waals surface area contributed by atoms with Crippen LogP contribution >= 0.6 is 12.2 Å². The number of rotatable bonds is 5. The van der Waals surface area contributed by atoms with Crippen molar-refractivity contribution < 1.29 is 4.74 Å². The van der Waals surface area contributed by atoms with E-state index in [1.807, 2.05) is 0 Å². The minimum absolute atomic E-state index is 0.438. The molecule has 0 spiro atoms. The Balaban J connectivity index is 2.25. The van der Waals surface area contributed by atoms with Crippen molar-refractivity contribution in [3.63, 3.8) is 0 Å². The van der Waals surface area contributed by atoms with Crippen LogP contribution in [0.25, 0.3) is 0 Å². The highest BCUT2D eigenvalue weighted by molar-refractivity contribution is 7.80. The van der Waals surface area contributed by atoms with Crippen LogP contribution in [0.3, 0.4) is 0 Å². The van der Waals surface area contributed by atoms with Gasteiger partial charge in [-0.25, -0.2) is 0 Å². The van der Waals surface area contributed by atoms with Crippen LogP contribution in [0.2, 0.25) is 0 Å². The molecule has 2 unspecified atom stereocenters. The monoisotopic (exact) mass is 216 g/mol. The molecule has 1 aliphatic rings. The maximum Gasteiger partial charge on any atom is 0.0742 e. The van der Waals surface area contributed by atoms with Crippen molar-refractivity contribution in [2.24, 2.45) is 11.7 Å². The lowest BCUT2D eigenvalue weighted by Gasteiger charge is -2.26. The summed E-state index contributed by atoms with van der Waals surface area (Å²) in [5.41, 5.74) is 5.52. The first-order valence-electron chi connectivity index (χ1n) is 5.16. The van der Waals surface area contributed by atoms with Crippen LogP contribution in [-0.2, 0) is 4.74 Å². The lowest BCUT2D eigenvalue weighted by atomic mass is 10.1. The van der Waals surface area contributed by atoms with Gasteiger partial charge in [0.2, 0.25) is 0 Å². The molecule has 82 valence electrons. The molecule has 1 rings (SSSR count). The van der Waals surface area contributed by atoms with Crippen molar-refractivity contribution >= 4 is 17.2 Å². The first-order chi connectivity index (χ1) is 6.59. The van der Waals surface area contributed by atoms with Gasteiger partial charge in [0, 0.05) is 25.6 Å². The number of hydrogen-bond acceptors (Lipinski definition) is 3. The highest BCUT2D eigenvalue weighted by Crippen LogP contribution is 2.15. The Hall–Kier alpha value is -0.190. The number of nitrogens with two attached hydrogens (primary N) is 1. The lowest BCUT2D eigenvalue weighted by molar-refractivity contribution is 0.165. The van der Waals surface area contributed by atoms with Gasteiger partial charge in [-0.2, -0.15) is 0 Å². The third-order valence-corrected chi connectivity index (χ3v) is 2.99. The van der Waals surface area contributed by atoms with Crippen LogP contribution in [0.1, 0.15) is 19.8 Å². The largest absolute Gasteiger partial charge is 0.393 e. The molecule has 0 saturated carbocycles. The second-order valence-corrected chi connectivity index (χ2v) is 4.71. The van der Waals surface area contributed by atoms with Crippen LogP contribution in [0, 0.1) is 5.92 Å². The normalized spacial score (nSPS) is 24.1. The fourth-order valence-corrected chi connectivity index (χ4v) is 2.00. The molecule has 0 bridgehead atoms. The van der Waals surface area contributed by atoms with Gasteiger partial charge in [-0.3, -0.25) is 0 Å². The molecule has 3 nitrogen and oxygen atoms in total. The molecule has 1 fully saturated rings. The summed E-state index contributed by atoms with van der Waals surface area (Å²) in [7, 11) is 2.13. The molecule has 0 aromatic heterocycles. The molecule has 1 saturated heterocycles. The smallest absolute Gasteiger partial charge is 0.0742 e. The highest BCUT2D eigenvalue weighted by Gasteiger charge is 2.19. The topological polar surface area (TPSA) is 38.5 Å². The second-order valence-electron chi connectivity index (χ2n) is 4.19. The van der Waals surface area contributed by atoms with Crippen molar-refractivity contribution in [1.82, 2.24) is 4.90 Å². The lowest BCUT2D eigenvalue weighted by Crippen LogP contribution is -2.36. The highest BCUT2D eigenvalue weighted by atomic mass is 32.1. The number of hydrogen-bond donors (Lipinski definition) is 1. The van der Waals surface area contributed by atoms with Gasteiger partial charge in [-0.05, 0) is 26.3 Å². The quantitative estimate of drug-likeness (QED) is 0.696. The van der Waals surface area contributed by atoms with E-state index in [9.17, 15) is 0 Å². The number of ether oxygens (including phenoxy) is 1.